The molecule has 1 aliphatic rings. The first-order valence-electron chi connectivity index (χ1n) is 6.41. The van der Waals surface area contributed by atoms with Crippen LogP contribution in [-0.2, 0) is 6.54 Å². The van der Waals surface area contributed by atoms with Gasteiger partial charge in [-0.05, 0) is 49.0 Å². The number of hydrogen-bond donors (Lipinski definition) is 0. The Morgan fingerprint density at radius 1 is 1.33 bits per heavy atom. The number of rotatable bonds is 2. The van der Waals surface area contributed by atoms with E-state index in [0.717, 1.165) is 25.2 Å². The minimum Gasteiger partial charge on any atom is -0.299 e. The highest BCUT2D eigenvalue weighted by Crippen LogP contribution is 2.31. The minimum absolute atomic E-state index is 0.477. The van der Waals surface area contributed by atoms with Crippen molar-refractivity contribution in [3.05, 3.63) is 34.3 Å². The van der Waals surface area contributed by atoms with Gasteiger partial charge in [-0.2, -0.15) is 5.26 Å². The summed E-state index contributed by atoms with van der Waals surface area (Å²) in [5, 5.41) is 9.52. The van der Waals surface area contributed by atoms with Crippen molar-refractivity contribution < 1.29 is 0 Å². The van der Waals surface area contributed by atoms with Crippen molar-refractivity contribution in [3.63, 3.8) is 0 Å². The van der Waals surface area contributed by atoms with E-state index in [4.69, 9.17) is 16.9 Å². The zero-order chi connectivity index (χ0) is 13.2. The highest BCUT2D eigenvalue weighted by atomic mass is 35.5. The monoisotopic (exact) mass is 262 g/mol. The number of likely N-dealkylation sites (tertiary alicyclic amines) is 1. The predicted octanol–water partition coefficient (Wildman–Crippen LogP) is 3.83. The molecule has 0 radical (unpaired) electrons. The molecule has 96 valence electrons. The lowest BCUT2D eigenvalue weighted by molar-refractivity contribution is 0.127. The Kier molecular flexibility index (Phi) is 3.94. The van der Waals surface area contributed by atoms with E-state index in [1.54, 1.807) is 6.07 Å². The Labute approximate surface area is 114 Å². The summed E-state index contributed by atoms with van der Waals surface area (Å²) < 4.78 is 0. The van der Waals surface area contributed by atoms with E-state index in [-0.39, 0.29) is 0 Å². The lowest BCUT2D eigenvalue weighted by Crippen LogP contribution is -2.36. The van der Waals surface area contributed by atoms with Gasteiger partial charge in [-0.25, -0.2) is 0 Å². The summed E-state index contributed by atoms with van der Waals surface area (Å²) in [6, 6.07) is 7.68. The molecule has 0 bridgehead atoms. The van der Waals surface area contributed by atoms with Crippen molar-refractivity contribution in [2.24, 2.45) is 5.41 Å². The maximum atomic E-state index is 8.81. The molecule has 1 aliphatic heterocycles. The molecule has 2 rings (SSSR count). The normalized spacial score (nSPS) is 19.4. The first-order valence-corrected chi connectivity index (χ1v) is 6.79. The van der Waals surface area contributed by atoms with Gasteiger partial charge in [-0.1, -0.05) is 31.5 Å². The molecule has 3 heteroatoms. The van der Waals surface area contributed by atoms with Gasteiger partial charge in [0.1, 0.15) is 0 Å². The fourth-order valence-electron chi connectivity index (χ4n) is 2.30. The fourth-order valence-corrected chi connectivity index (χ4v) is 2.54. The third-order valence-corrected chi connectivity index (χ3v) is 4.14. The van der Waals surface area contributed by atoms with Crippen LogP contribution in [0.25, 0.3) is 0 Å². The molecule has 1 aromatic carbocycles. The van der Waals surface area contributed by atoms with E-state index in [1.165, 1.54) is 12.8 Å². The molecule has 0 aromatic heterocycles. The van der Waals surface area contributed by atoms with Crippen molar-refractivity contribution in [2.75, 3.05) is 13.1 Å². The summed E-state index contributed by atoms with van der Waals surface area (Å²) in [4.78, 5) is 2.44. The largest absolute Gasteiger partial charge is 0.299 e. The summed E-state index contributed by atoms with van der Waals surface area (Å²) in [6.45, 7) is 7.81. The molecule has 0 atom stereocenters. The molecule has 18 heavy (non-hydrogen) atoms. The van der Waals surface area contributed by atoms with Crippen LogP contribution in [0.2, 0.25) is 5.02 Å². The topological polar surface area (TPSA) is 27.0 Å². The van der Waals surface area contributed by atoms with Gasteiger partial charge in [0, 0.05) is 11.6 Å². The molecular weight excluding hydrogens is 244 g/mol. The summed E-state index contributed by atoms with van der Waals surface area (Å²) in [5.74, 6) is 0. The van der Waals surface area contributed by atoms with Crippen molar-refractivity contribution in [1.82, 2.24) is 4.90 Å². The van der Waals surface area contributed by atoms with Gasteiger partial charge in [-0.15, -0.1) is 0 Å². The van der Waals surface area contributed by atoms with Crippen LogP contribution in [0.5, 0.6) is 0 Å². The molecule has 1 saturated heterocycles. The molecule has 0 aliphatic carbocycles. The Morgan fingerprint density at radius 3 is 2.56 bits per heavy atom. The van der Waals surface area contributed by atoms with Crippen molar-refractivity contribution in [2.45, 2.75) is 33.2 Å². The number of nitrogens with zero attached hydrogens (tertiary/aromatic N) is 2. The third kappa shape index (κ3) is 3.25. The van der Waals surface area contributed by atoms with Gasteiger partial charge in [-0.3, -0.25) is 4.90 Å². The Hall–Kier alpha value is -1.04. The molecule has 0 spiro atoms. The Morgan fingerprint density at radius 2 is 2.00 bits per heavy atom. The van der Waals surface area contributed by atoms with E-state index in [9.17, 15) is 0 Å². The van der Waals surface area contributed by atoms with E-state index >= 15 is 0 Å². The number of hydrogen-bond acceptors (Lipinski definition) is 2. The van der Waals surface area contributed by atoms with Gasteiger partial charge in [0.25, 0.3) is 0 Å². The molecule has 0 saturated carbocycles. The second-order valence-corrected chi connectivity index (χ2v) is 6.27. The average Bonchev–Trinajstić information content (AvgIpc) is 2.34. The van der Waals surface area contributed by atoms with Crippen molar-refractivity contribution >= 4 is 11.6 Å². The lowest BCUT2D eigenvalue weighted by atomic mass is 9.82. The lowest BCUT2D eigenvalue weighted by Gasteiger charge is -2.37. The van der Waals surface area contributed by atoms with Crippen LogP contribution in [-0.4, -0.2) is 18.0 Å². The maximum Gasteiger partial charge on any atom is 0.0992 e. The van der Waals surface area contributed by atoms with Gasteiger partial charge >= 0.3 is 0 Å². The van der Waals surface area contributed by atoms with Crippen LogP contribution in [0.4, 0.5) is 0 Å². The molecule has 0 unspecified atom stereocenters. The Balaban J connectivity index is 2.01. The van der Waals surface area contributed by atoms with Crippen LogP contribution >= 0.6 is 11.6 Å². The van der Waals surface area contributed by atoms with E-state index < -0.39 is 0 Å². The standard InChI is InChI=1S/C15H19ClN2/c1-15(2)5-7-18(8-6-15)11-13-4-3-12(10-17)9-14(13)16/h3-4,9H,5-8,11H2,1-2H3. The van der Waals surface area contributed by atoms with Crippen LogP contribution in [0, 0.1) is 16.7 Å². The zero-order valence-corrected chi connectivity index (χ0v) is 11.8. The fraction of sp³-hybridized carbons (Fsp3) is 0.533. The smallest absolute Gasteiger partial charge is 0.0992 e. The summed E-state index contributed by atoms with van der Waals surface area (Å²) in [6.07, 6.45) is 2.47. The van der Waals surface area contributed by atoms with Crippen LogP contribution in [0.15, 0.2) is 18.2 Å². The average molecular weight is 263 g/mol. The number of benzene rings is 1. The minimum atomic E-state index is 0.477. The highest BCUT2D eigenvalue weighted by Gasteiger charge is 2.25. The predicted molar refractivity (Wildman–Crippen MR) is 74.5 cm³/mol. The van der Waals surface area contributed by atoms with Gasteiger partial charge < -0.3 is 0 Å². The van der Waals surface area contributed by atoms with Crippen LogP contribution in [0.3, 0.4) is 0 Å². The van der Waals surface area contributed by atoms with Gasteiger partial charge in [0.15, 0.2) is 0 Å². The SMILES string of the molecule is CC1(C)CCN(Cc2ccc(C#N)cc2Cl)CC1. The van der Waals surface area contributed by atoms with E-state index in [1.807, 2.05) is 12.1 Å². The van der Waals surface area contributed by atoms with Gasteiger partial charge in [0.2, 0.25) is 0 Å². The second kappa shape index (κ2) is 5.30. The third-order valence-electron chi connectivity index (χ3n) is 3.79. The van der Waals surface area contributed by atoms with Crippen LogP contribution < -0.4 is 0 Å². The first-order chi connectivity index (χ1) is 8.50. The molecule has 1 fully saturated rings. The maximum absolute atomic E-state index is 8.81. The van der Waals surface area contributed by atoms with E-state index in [2.05, 4.69) is 24.8 Å². The molecule has 1 heterocycles. The first kappa shape index (κ1) is 13.4. The molecule has 0 N–H and O–H groups in total. The molecule has 0 amide bonds. The summed E-state index contributed by atoms with van der Waals surface area (Å²) >= 11 is 6.21. The van der Waals surface area contributed by atoms with Crippen molar-refractivity contribution in [1.29, 1.82) is 5.26 Å². The number of halogens is 1. The molecular formula is C15H19ClN2. The number of nitriles is 1. The zero-order valence-electron chi connectivity index (χ0n) is 11.0. The molecule has 2 nitrogen and oxygen atoms in total. The second-order valence-electron chi connectivity index (χ2n) is 5.86. The van der Waals surface area contributed by atoms with E-state index in [0.29, 0.717) is 16.0 Å². The Bertz CT molecular complexity index is 464. The van der Waals surface area contributed by atoms with Crippen LogP contribution in [0.1, 0.15) is 37.8 Å². The highest BCUT2D eigenvalue weighted by molar-refractivity contribution is 6.31. The number of piperidine rings is 1. The summed E-state index contributed by atoms with van der Waals surface area (Å²) in [5.41, 5.74) is 2.23. The van der Waals surface area contributed by atoms with Gasteiger partial charge in [0.05, 0.1) is 11.6 Å². The summed E-state index contributed by atoms with van der Waals surface area (Å²) in [7, 11) is 0. The van der Waals surface area contributed by atoms with Crippen molar-refractivity contribution in [3.8, 4) is 6.07 Å². The quantitative estimate of drug-likeness (QED) is 0.810. The molecule has 1 aromatic rings.